The van der Waals surface area contributed by atoms with Gasteiger partial charge in [0.2, 0.25) is 0 Å². The van der Waals surface area contributed by atoms with Gasteiger partial charge >= 0.3 is 0 Å². The van der Waals surface area contributed by atoms with E-state index in [9.17, 15) is 0 Å². The summed E-state index contributed by atoms with van der Waals surface area (Å²) in [5, 5.41) is 0. The molecule has 3 fully saturated rings. The summed E-state index contributed by atoms with van der Waals surface area (Å²) in [6.45, 7) is 2.95. The SMILES string of the molecule is COc1ccc([C@@]23CC[C@@H](N)C[C@@H]2N(C2CCOCC2)CC3)cc1OC. The van der Waals surface area contributed by atoms with Gasteiger partial charge in [-0.15, -0.1) is 0 Å². The molecule has 0 spiro atoms. The quantitative estimate of drug-likeness (QED) is 0.895. The first-order valence-electron chi connectivity index (χ1n) is 9.99. The van der Waals surface area contributed by atoms with E-state index in [-0.39, 0.29) is 5.41 Å². The smallest absolute Gasteiger partial charge is 0.161 e. The Labute approximate surface area is 156 Å². The molecule has 3 atom stereocenters. The minimum atomic E-state index is 0.188. The molecular formula is C21H32N2O3. The number of ether oxygens (including phenoxy) is 3. The lowest BCUT2D eigenvalue weighted by atomic mass is 9.65. The van der Waals surface area contributed by atoms with Crippen LogP contribution < -0.4 is 15.2 Å². The van der Waals surface area contributed by atoms with Gasteiger partial charge in [0.05, 0.1) is 14.2 Å². The molecule has 2 heterocycles. The summed E-state index contributed by atoms with van der Waals surface area (Å²) in [4.78, 5) is 2.76. The van der Waals surface area contributed by atoms with Crippen LogP contribution >= 0.6 is 0 Å². The van der Waals surface area contributed by atoms with Crippen LogP contribution in [0.5, 0.6) is 11.5 Å². The number of rotatable bonds is 4. The number of hydrogen-bond donors (Lipinski definition) is 1. The average molecular weight is 360 g/mol. The van der Waals surface area contributed by atoms with Crippen molar-refractivity contribution in [2.45, 2.75) is 62.1 Å². The molecule has 1 aliphatic carbocycles. The highest BCUT2D eigenvalue weighted by atomic mass is 16.5. The molecule has 5 heteroatoms. The second-order valence-corrected chi connectivity index (χ2v) is 8.11. The fourth-order valence-electron chi connectivity index (χ4n) is 5.55. The van der Waals surface area contributed by atoms with Crippen molar-refractivity contribution in [1.29, 1.82) is 0 Å². The Hall–Kier alpha value is -1.30. The summed E-state index contributed by atoms with van der Waals surface area (Å²) in [7, 11) is 3.41. The number of fused-ring (bicyclic) bond motifs is 1. The zero-order valence-corrected chi connectivity index (χ0v) is 16.1. The van der Waals surface area contributed by atoms with Crippen LogP contribution in [0.1, 0.15) is 44.1 Å². The van der Waals surface area contributed by atoms with Crippen LogP contribution in [0.4, 0.5) is 0 Å². The van der Waals surface area contributed by atoms with Gasteiger partial charge in [-0.3, -0.25) is 4.90 Å². The molecule has 1 saturated carbocycles. The van der Waals surface area contributed by atoms with Crippen molar-refractivity contribution in [2.24, 2.45) is 5.73 Å². The molecular weight excluding hydrogens is 328 g/mol. The number of likely N-dealkylation sites (tertiary alicyclic amines) is 1. The highest BCUT2D eigenvalue weighted by molar-refractivity contribution is 5.46. The predicted octanol–water partition coefficient (Wildman–Crippen LogP) is 2.71. The van der Waals surface area contributed by atoms with Gasteiger partial charge in [-0.05, 0) is 62.8 Å². The van der Waals surface area contributed by atoms with Gasteiger partial charge in [-0.2, -0.15) is 0 Å². The Bertz CT molecular complexity index is 632. The van der Waals surface area contributed by atoms with E-state index in [1.165, 1.54) is 12.0 Å². The van der Waals surface area contributed by atoms with E-state index < -0.39 is 0 Å². The van der Waals surface area contributed by atoms with Crippen LogP contribution in [-0.4, -0.2) is 57.0 Å². The van der Waals surface area contributed by atoms with Crippen molar-refractivity contribution < 1.29 is 14.2 Å². The Morgan fingerprint density at radius 3 is 2.58 bits per heavy atom. The maximum absolute atomic E-state index is 6.43. The van der Waals surface area contributed by atoms with Gasteiger partial charge in [-0.25, -0.2) is 0 Å². The van der Waals surface area contributed by atoms with E-state index in [0.29, 0.717) is 18.1 Å². The Balaban J connectivity index is 1.68. The van der Waals surface area contributed by atoms with Crippen molar-refractivity contribution >= 4 is 0 Å². The van der Waals surface area contributed by atoms with E-state index in [1.807, 2.05) is 0 Å². The molecule has 4 rings (SSSR count). The Morgan fingerprint density at radius 2 is 1.85 bits per heavy atom. The maximum Gasteiger partial charge on any atom is 0.161 e. The normalized spacial score (nSPS) is 33.0. The third kappa shape index (κ3) is 3.00. The van der Waals surface area contributed by atoms with Crippen LogP contribution in [0.3, 0.4) is 0 Å². The van der Waals surface area contributed by atoms with Gasteiger partial charge < -0.3 is 19.9 Å². The van der Waals surface area contributed by atoms with E-state index in [2.05, 4.69) is 23.1 Å². The average Bonchev–Trinajstić information content (AvgIpc) is 3.08. The Kier molecular flexibility index (Phi) is 5.13. The zero-order valence-electron chi connectivity index (χ0n) is 16.1. The van der Waals surface area contributed by atoms with E-state index in [1.54, 1.807) is 14.2 Å². The lowest BCUT2D eigenvalue weighted by Crippen LogP contribution is -2.53. The predicted molar refractivity (Wildman–Crippen MR) is 102 cm³/mol. The van der Waals surface area contributed by atoms with Gasteiger partial charge in [0.1, 0.15) is 0 Å². The molecule has 0 unspecified atom stereocenters. The maximum atomic E-state index is 6.43. The Morgan fingerprint density at radius 1 is 1.08 bits per heavy atom. The summed E-state index contributed by atoms with van der Waals surface area (Å²) in [5.41, 5.74) is 8.00. The standard InChI is InChI=1S/C21H32N2O3/c1-24-18-4-3-15(13-19(18)25-2)21-8-5-16(22)14-20(21)23(10-9-21)17-6-11-26-12-7-17/h3-4,13,16-17,20H,5-12,14,22H2,1-2H3/t16-,20+,21+/m1/s1. The molecule has 1 aromatic rings. The first-order valence-corrected chi connectivity index (χ1v) is 9.99. The van der Waals surface area contributed by atoms with Gasteiger partial charge in [-0.1, -0.05) is 6.07 Å². The van der Waals surface area contributed by atoms with Gasteiger partial charge in [0.15, 0.2) is 11.5 Å². The lowest BCUT2D eigenvalue weighted by Gasteiger charge is -2.47. The van der Waals surface area contributed by atoms with Gasteiger partial charge in [0, 0.05) is 36.8 Å². The van der Waals surface area contributed by atoms with Crippen molar-refractivity contribution in [3.63, 3.8) is 0 Å². The molecule has 2 saturated heterocycles. The van der Waals surface area contributed by atoms with Crippen molar-refractivity contribution in [3.05, 3.63) is 23.8 Å². The molecule has 2 aliphatic heterocycles. The number of nitrogens with zero attached hydrogens (tertiary/aromatic N) is 1. The number of nitrogens with two attached hydrogens (primary N) is 1. The molecule has 3 aliphatic rings. The minimum Gasteiger partial charge on any atom is -0.493 e. The fourth-order valence-corrected chi connectivity index (χ4v) is 5.55. The zero-order chi connectivity index (χ0) is 18.1. The summed E-state index contributed by atoms with van der Waals surface area (Å²) >= 11 is 0. The fraction of sp³-hybridized carbons (Fsp3) is 0.714. The molecule has 2 N–H and O–H groups in total. The van der Waals surface area contributed by atoms with Crippen LogP contribution in [-0.2, 0) is 10.2 Å². The second-order valence-electron chi connectivity index (χ2n) is 8.11. The third-order valence-electron chi connectivity index (χ3n) is 6.96. The monoisotopic (exact) mass is 360 g/mol. The summed E-state index contributed by atoms with van der Waals surface area (Å²) in [6, 6.07) is 7.99. The molecule has 26 heavy (non-hydrogen) atoms. The summed E-state index contributed by atoms with van der Waals surface area (Å²) in [6.07, 6.45) is 6.85. The highest BCUT2D eigenvalue weighted by Crippen LogP contribution is 2.51. The van der Waals surface area contributed by atoms with Crippen LogP contribution in [0.2, 0.25) is 0 Å². The summed E-state index contributed by atoms with van der Waals surface area (Å²) < 4.78 is 16.6. The highest BCUT2D eigenvalue weighted by Gasteiger charge is 2.52. The second kappa shape index (κ2) is 7.37. The molecule has 0 bridgehead atoms. The summed E-state index contributed by atoms with van der Waals surface area (Å²) in [5.74, 6) is 1.63. The van der Waals surface area contributed by atoms with Crippen LogP contribution in [0.25, 0.3) is 0 Å². The topological polar surface area (TPSA) is 57.0 Å². The minimum absolute atomic E-state index is 0.188. The number of methoxy groups -OCH3 is 2. The first kappa shape index (κ1) is 18.1. The van der Waals surface area contributed by atoms with Crippen molar-refractivity contribution in [1.82, 2.24) is 4.90 Å². The first-order chi connectivity index (χ1) is 12.7. The van der Waals surface area contributed by atoms with E-state index in [0.717, 1.165) is 63.4 Å². The molecule has 144 valence electrons. The van der Waals surface area contributed by atoms with Gasteiger partial charge in [0.25, 0.3) is 0 Å². The number of hydrogen-bond acceptors (Lipinski definition) is 5. The van der Waals surface area contributed by atoms with Crippen molar-refractivity contribution in [2.75, 3.05) is 34.0 Å². The largest absolute Gasteiger partial charge is 0.493 e. The number of benzene rings is 1. The molecule has 1 aromatic carbocycles. The molecule has 0 amide bonds. The van der Waals surface area contributed by atoms with Crippen LogP contribution in [0.15, 0.2) is 18.2 Å². The third-order valence-corrected chi connectivity index (χ3v) is 6.96. The molecule has 0 aromatic heterocycles. The molecule has 0 radical (unpaired) electrons. The van der Waals surface area contributed by atoms with Crippen LogP contribution in [0, 0.1) is 0 Å². The van der Waals surface area contributed by atoms with Crippen molar-refractivity contribution in [3.8, 4) is 11.5 Å². The lowest BCUT2D eigenvalue weighted by molar-refractivity contribution is 0.0153. The molecule has 5 nitrogen and oxygen atoms in total. The van der Waals surface area contributed by atoms with E-state index >= 15 is 0 Å². The van der Waals surface area contributed by atoms with E-state index in [4.69, 9.17) is 19.9 Å².